The van der Waals surface area contributed by atoms with Crippen molar-refractivity contribution in [3.05, 3.63) is 34.6 Å². The Morgan fingerprint density at radius 2 is 2.20 bits per heavy atom. The van der Waals surface area contributed by atoms with Crippen LogP contribution in [-0.4, -0.2) is 16.8 Å². The maximum Gasteiger partial charge on any atom is 0.175 e. The molecule has 1 aromatic rings. The average molecular weight is 247 g/mol. The van der Waals surface area contributed by atoms with Crippen molar-refractivity contribution < 1.29 is 9.18 Å². The first kappa shape index (κ1) is 12.5. The quantitative estimate of drug-likeness (QED) is 0.752. The van der Waals surface area contributed by atoms with Gasteiger partial charge in [0.1, 0.15) is 5.82 Å². The van der Waals surface area contributed by atoms with Crippen LogP contribution < -0.4 is 0 Å². The Kier molecular flexibility index (Phi) is 4.61. The smallest absolute Gasteiger partial charge is 0.175 e. The molecule has 0 saturated carbocycles. The highest BCUT2D eigenvalue weighted by atomic mass is 35.5. The van der Waals surface area contributed by atoms with Gasteiger partial charge in [-0.3, -0.25) is 4.79 Å². The van der Waals surface area contributed by atoms with Gasteiger partial charge in [-0.2, -0.15) is 11.8 Å². The minimum atomic E-state index is -0.545. The van der Waals surface area contributed by atoms with E-state index in [4.69, 9.17) is 11.6 Å². The fourth-order valence-corrected chi connectivity index (χ4v) is 1.83. The minimum absolute atomic E-state index is 0.118. The predicted octanol–water partition coefficient (Wildman–Crippen LogP) is 3.80. The van der Waals surface area contributed by atoms with Crippen LogP contribution in [-0.2, 0) is 0 Å². The Morgan fingerprint density at radius 1 is 1.53 bits per heavy atom. The molecule has 0 N–H and O–H groups in total. The maximum absolute atomic E-state index is 13.3. The standard InChI is InChI=1S/C11H12ClFOS/c1-7(2)15-6-11(14)9-4-3-8(12)5-10(9)13/h3-5,7H,6H2,1-2H3. The van der Waals surface area contributed by atoms with Crippen LogP contribution in [0.1, 0.15) is 24.2 Å². The number of hydrogen-bond acceptors (Lipinski definition) is 2. The van der Waals surface area contributed by atoms with Gasteiger partial charge in [0.05, 0.1) is 11.3 Å². The number of carbonyl (C=O) groups excluding carboxylic acids is 1. The van der Waals surface area contributed by atoms with Gasteiger partial charge < -0.3 is 0 Å². The molecule has 0 aliphatic heterocycles. The number of benzene rings is 1. The minimum Gasteiger partial charge on any atom is -0.293 e. The first-order valence-corrected chi connectivity index (χ1v) is 6.03. The largest absolute Gasteiger partial charge is 0.293 e. The molecule has 0 unspecified atom stereocenters. The fraction of sp³-hybridized carbons (Fsp3) is 0.364. The van der Waals surface area contributed by atoms with E-state index < -0.39 is 5.82 Å². The molecule has 82 valence electrons. The van der Waals surface area contributed by atoms with Gasteiger partial charge in [-0.05, 0) is 23.4 Å². The van der Waals surface area contributed by atoms with Gasteiger partial charge in [-0.25, -0.2) is 4.39 Å². The van der Waals surface area contributed by atoms with Crippen molar-refractivity contribution in [2.75, 3.05) is 5.75 Å². The first-order chi connectivity index (χ1) is 7.00. The zero-order valence-corrected chi connectivity index (χ0v) is 10.2. The van der Waals surface area contributed by atoms with E-state index in [0.717, 1.165) is 6.07 Å². The number of rotatable bonds is 4. The predicted molar refractivity (Wildman–Crippen MR) is 63.3 cm³/mol. The molecule has 0 radical (unpaired) electrons. The van der Waals surface area contributed by atoms with Gasteiger partial charge in [-0.15, -0.1) is 0 Å². The Bertz CT molecular complexity index is 366. The number of ketones is 1. The normalized spacial score (nSPS) is 10.7. The van der Waals surface area contributed by atoms with Crippen molar-refractivity contribution in [1.82, 2.24) is 0 Å². The molecule has 0 saturated heterocycles. The molecule has 15 heavy (non-hydrogen) atoms. The molecule has 4 heteroatoms. The zero-order valence-electron chi connectivity index (χ0n) is 8.59. The summed E-state index contributed by atoms with van der Waals surface area (Å²) in [6, 6.07) is 4.12. The lowest BCUT2D eigenvalue weighted by molar-refractivity contribution is 0.101. The van der Waals surface area contributed by atoms with Crippen LogP contribution in [0.15, 0.2) is 18.2 Å². The van der Waals surface area contributed by atoms with Crippen LogP contribution in [0.25, 0.3) is 0 Å². The van der Waals surface area contributed by atoms with Gasteiger partial charge in [0.2, 0.25) is 0 Å². The summed E-state index contributed by atoms with van der Waals surface area (Å²) >= 11 is 7.09. The molecule has 0 aliphatic rings. The summed E-state index contributed by atoms with van der Waals surface area (Å²) < 4.78 is 13.3. The number of thioether (sulfide) groups is 1. The van der Waals surface area contributed by atoms with Crippen LogP contribution in [0.2, 0.25) is 5.02 Å². The molecule has 0 aromatic heterocycles. The Balaban J connectivity index is 2.74. The van der Waals surface area contributed by atoms with Crippen molar-refractivity contribution in [3.8, 4) is 0 Å². The first-order valence-electron chi connectivity index (χ1n) is 4.60. The molecule has 1 nitrogen and oxygen atoms in total. The molecule has 0 heterocycles. The Morgan fingerprint density at radius 3 is 2.73 bits per heavy atom. The monoisotopic (exact) mass is 246 g/mol. The molecule has 0 bridgehead atoms. The van der Waals surface area contributed by atoms with Gasteiger partial charge in [-0.1, -0.05) is 25.4 Å². The number of hydrogen-bond donors (Lipinski definition) is 0. The van der Waals surface area contributed by atoms with Crippen molar-refractivity contribution in [3.63, 3.8) is 0 Å². The molecule has 0 spiro atoms. The summed E-state index contributed by atoms with van der Waals surface area (Å²) in [5, 5.41) is 0.671. The van der Waals surface area contributed by atoms with Gasteiger partial charge in [0, 0.05) is 5.02 Å². The molecule has 0 amide bonds. The van der Waals surface area contributed by atoms with E-state index in [-0.39, 0.29) is 11.3 Å². The summed E-state index contributed by atoms with van der Waals surface area (Å²) in [6.45, 7) is 3.99. The Labute approximate surface area is 98.0 Å². The van der Waals surface area contributed by atoms with Crippen LogP contribution in [0.5, 0.6) is 0 Å². The maximum atomic E-state index is 13.3. The van der Waals surface area contributed by atoms with Crippen molar-refractivity contribution in [2.24, 2.45) is 0 Å². The lowest BCUT2D eigenvalue weighted by Crippen LogP contribution is -2.07. The van der Waals surface area contributed by atoms with Crippen LogP contribution >= 0.6 is 23.4 Å². The van der Waals surface area contributed by atoms with Crippen molar-refractivity contribution in [1.29, 1.82) is 0 Å². The van der Waals surface area contributed by atoms with E-state index in [1.165, 1.54) is 23.9 Å². The lowest BCUT2D eigenvalue weighted by atomic mass is 10.1. The van der Waals surface area contributed by atoms with Gasteiger partial charge in [0.15, 0.2) is 5.78 Å². The van der Waals surface area contributed by atoms with Gasteiger partial charge >= 0.3 is 0 Å². The average Bonchev–Trinajstić information content (AvgIpc) is 2.14. The van der Waals surface area contributed by atoms with E-state index in [1.807, 2.05) is 13.8 Å². The summed E-state index contributed by atoms with van der Waals surface area (Å²) in [5.41, 5.74) is 0.118. The SMILES string of the molecule is CC(C)SCC(=O)c1ccc(Cl)cc1F. The summed E-state index contributed by atoms with van der Waals surface area (Å²) in [5.74, 6) is -0.435. The molecule has 0 aliphatic carbocycles. The molecule has 1 rings (SSSR count). The van der Waals surface area contributed by atoms with Crippen molar-refractivity contribution in [2.45, 2.75) is 19.1 Å². The highest BCUT2D eigenvalue weighted by Crippen LogP contribution is 2.18. The number of halogens is 2. The number of carbonyl (C=O) groups is 1. The third-order valence-electron chi connectivity index (χ3n) is 1.78. The molecular weight excluding hydrogens is 235 g/mol. The second-order valence-electron chi connectivity index (χ2n) is 3.41. The molecule has 0 atom stereocenters. The molecule has 0 fully saturated rings. The summed E-state index contributed by atoms with van der Waals surface area (Å²) in [6.07, 6.45) is 0. The molecule has 1 aromatic carbocycles. The van der Waals surface area contributed by atoms with E-state index >= 15 is 0 Å². The zero-order chi connectivity index (χ0) is 11.4. The summed E-state index contributed by atoms with van der Waals surface area (Å²) in [7, 11) is 0. The van der Waals surface area contributed by atoms with E-state index in [0.29, 0.717) is 16.0 Å². The molecular formula is C11H12ClFOS. The van der Waals surface area contributed by atoms with Crippen LogP contribution in [0, 0.1) is 5.82 Å². The number of Topliss-reactive ketones (excluding diaryl/α,β-unsaturated/α-hetero) is 1. The lowest BCUT2D eigenvalue weighted by Gasteiger charge is -2.05. The van der Waals surface area contributed by atoms with Crippen LogP contribution in [0.3, 0.4) is 0 Å². The fourth-order valence-electron chi connectivity index (χ4n) is 1.04. The van der Waals surface area contributed by atoms with Gasteiger partial charge in [0.25, 0.3) is 0 Å². The van der Waals surface area contributed by atoms with E-state index in [2.05, 4.69) is 0 Å². The van der Waals surface area contributed by atoms with E-state index in [9.17, 15) is 9.18 Å². The third-order valence-corrected chi connectivity index (χ3v) is 3.11. The van der Waals surface area contributed by atoms with Crippen molar-refractivity contribution >= 4 is 29.1 Å². The van der Waals surface area contributed by atoms with Crippen LogP contribution in [0.4, 0.5) is 4.39 Å². The highest BCUT2D eigenvalue weighted by Gasteiger charge is 2.12. The Hall–Kier alpha value is -0.540. The topological polar surface area (TPSA) is 17.1 Å². The summed E-state index contributed by atoms with van der Waals surface area (Å²) in [4.78, 5) is 11.6. The third kappa shape index (κ3) is 3.84. The highest BCUT2D eigenvalue weighted by molar-refractivity contribution is 8.00. The second kappa shape index (κ2) is 5.52. The van der Waals surface area contributed by atoms with E-state index in [1.54, 1.807) is 0 Å². The second-order valence-corrected chi connectivity index (χ2v) is 5.41.